The summed E-state index contributed by atoms with van der Waals surface area (Å²) >= 11 is 6.15. The monoisotopic (exact) mass is 451 g/mol. The first-order valence-electron chi connectivity index (χ1n) is 10.3. The van der Waals surface area contributed by atoms with E-state index >= 15 is 0 Å². The van der Waals surface area contributed by atoms with Crippen LogP contribution in [0.3, 0.4) is 0 Å². The van der Waals surface area contributed by atoms with E-state index in [0.29, 0.717) is 52.6 Å². The molecule has 1 N–H and O–H groups in total. The summed E-state index contributed by atoms with van der Waals surface area (Å²) in [5, 5.41) is 1.24. The SMILES string of the molecule is Cc1cc2c(C(=O)Cc3ccc(Cl)cc3OCCOCc3ccccc3)c[nH]c2cc1F. The first-order chi connectivity index (χ1) is 15.5. The lowest BCUT2D eigenvalue weighted by Crippen LogP contribution is -2.10. The van der Waals surface area contributed by atoms with E-state index in [2.05, 4.69) is 4.98 Å². The number of Topliss-reactive ketones (excluding diaryl/α,β-unsaturated/α-hetero) is 1. The van der Waals surface area contributed by atoms with E-state index in [-0.39, 0.29) is 18.0 Å². The van der Waals surface area contributed by atoms with Crippen molar-refractivity contribution in [1.29, 1.82) is 0 Å². The third-order valence-corrected chi connectivity index (χ3v) is 5.47. The summed E-state index contributed by atoms with van der Waals surface area (Å²) in [5.41, 5.74) is 3.44. The van der Waals surface area contributed by atoms with Crippen molar-refractivity contribution < 1.29 is 18.7 Å². The highest BCUT2D eigenvalue weighted by molar-refractivity contribution is 6.30. The van der Waals surface area contributed by atoms with Crippen molar-refractivity contribution in [2.75, 3.05) is 13.2 Å². The summed E-state index contributed by atoms with van der Waals surface area (Å²) in [4.78, 5) is 16.0. The van der Waals surface area contributed by atoms with Crippen molar-refractivity contribution in [3.8, 4) is 5.75 Å². The van der Waals surface area contributed by atoms with Crippen LogP contribution in [-0.2, 0) is 17.8 Å². The summed E-state index contributed by atoms with van der Waals surface area (Å²) in [6.07, 6.45) is 1.76. The smallest absolute Gasteiger partial charge is 0.169 e. The van der Waals surface area contributed by atoms with Crippen LogP contribution in [0.5, 0.6) is 5.75 Å². The van der Waals surface area contributed by atoms with E-state index in [0.717, 1.165) is 11.1 Å². The number of carbonyl (C=O) groups excluding carboxylic acids is 1. The first kappa shape index (κ1) is 22.1. The lowest BCUT2D eigenvalue weighted by molar-refractivity contribution is 0.0883. The van der Waals surface area contributed by atoms with Crippen LogP contribution in [0, 0.1) is 12.7 Å². The number of aromatic amines is 1. The van der Waals surface area contributed by atoms with Crippen LogP contribution >= 0.6 is 11.6 Å². The molecule has 0 aliphatic rings. The lowest BCUT2D eigenvalue weighted by Gasteiger charge is -2.12. The summed E-state index contributed by atoms with van der Waals surface area (Å²) in [6.45, 7) is 2.93. The van der Waals surface area contributed by atoms with E-state index in [1.807, 2.05) is 30.3 Å². The topological polar surface area (TPSA) is 51.3 Å². The Morgan fingerprint density at radius 2 is 1.88 bits per heavy atom. The van der Waals surface area contributed by atoms with Crippen molar-refractivity contribution in [3.63, 3.8) is 0 Å². The zero-order chi connectivity index (χ0) is 22.5. The lowest BCUT2D eigenvalue weighted by atomic mass is 10.0. The molecule has 32 heavy (non-hydrogen) atoms. The number of hydrogen-bond donors (Lipinski definition) is 1. The van der Waals surface area contributed by atoms with Gasteiger partial charge in [-0.15, -0.1) is 0 Å². The van der Waals surface area contributed by atoms with Crippen LogP contribution in [0.1, 0.15) is 27.0 Å². The molecule has 0 saturated heterocycles. The molecule has 0 atom stereocenters. The molecule has 164 valence electrons. The highest BCUT2D eigenvalue weighted by atomic mass is 35.5. The first-order valence-corrected chi connectivity index (χ1v) is 10.7. The number of nitrogens with one attached hydrogen (secondary N) is 1. The molecule has 0 fully saturated rings. The Morgan fingerprint density at radius 3 is 2.69 bits per heavy atom. The number of ketones is 1. The molecule has 3 aromatic carbocycles. The van der Waals surface area contributed by atoms with Crippen LogP contribution < -0.4 is 4.74 Å². The van der Waals surface area contributed by atoms with E-state index < -0.39 is 0 Å². The third-order valence-electron chi connectivity index (χ3n) is 5.24. The molecule has 0 amide bonds. The molecule has 4 nitrogen and oxygen atoms in total. The van der Waals surface area contributed by atoms with Gasteiger partial charge in [-0.3, -0.25) is 4.79 Å². The molecule has 1 aromatic heterocycles. The van der Waals surface area contributed by atoms with Gasteiger partial charge >= 0.3 is 0 Å². The Hall–Kier alpha value is -3.15. The van der Waals surface area contributed by atoms with Crippen molar-refractivity contribution in [2.45, 2.75) is 20.0 Å². The maximum Gasteiger partial charge on any atom is 0.169 e. The van der Waals surface area contributed by atoms with Gasteiger partial charge in [0.1, 0.15) is 18.2 Å². The van der Waals surface area contributed by atoms with Gasteiger partial charge in [0.25, 0.3) is 0 Å². The Morgan fingerprint density at radius 1 is 1.06 bits per heavy atom. The van der Waals surface area contributed by atoms with Crippen LogP contribution in [0.15, 0.2) is 66.9 Å². The molecule has 6 heteroatoms. The summed E-state index contributed by atoms with van der Waals surface area (Å²) in [5.74, 6) is 0.159. The van der Waals surface area contributed by atoms with Gasteiger partial charge in [-0.05, 0) is 42.3 Å². The standard InChI is InChI=1S/C26H23ClFNO3/c1-17-11-21-22(15-29-24(21)14-23(17)28)25(30)12-19-7-8-20(27)13-26(19)32-10-9-31-16-18-5-3-2-4-6-18/h2-8,11,13-15,29H,9-10,12,16H2,1H3. The number of benzene rings is 3. The second-order valence-electron chi connectivity index (χ2n) is 7.59. The molecular formula is C26H23ClFNO3. The summed E-state index contributed by atoms with van der Waals surface area (Å²) in [6, 6.07) is 18.2. The number of halogens is 2. The van der Waals surface area contributed by atoms with Crippen LogP contribution in [0.4, 0.5) is 4.39 Å². The Kier molecular flexibility index (Phi) is 6.88. The second-order valence-corrected chi connectivity index (χ2v) is 8.02. The molecule has 0 aliphatic heterocycles. The van der Waals surface area contributed by atoms with E-state index in [4.69, 9.17) is 21.1 Å². The van der Waals surface area contributed by atoms with Gasteiger partial charge < -0.3 is 14.5 Å². The minimum Gasteiger partial charge on any atom is -0.491 e. The number of H-pyrrole nitrogens is 1. The van der Waals surface area contributed by atoms with Gasteiger partial charge in [-0.2, -0.15) is 0 Å². The predicted octanol–water partition coefficient (Wildman–Crippen LogP) is 6.29. The van der Waals surface area contributed by atoms with E-state index in [1.165, 1.54) is 6.07 Å². The molecule has 0 spiro atoms. The minimum absolute atomic E-state index is 0.0882. The number of aromatic nitrogens is 1. The van der Waals surface area contributed by atoms with Crippen molar-refractivity contribution in [2.24, 2.45) is 0 Å². The molecule has 4 aromatic rings. The fourth-order valence-corrected chi connectivity index (χ4v) is 3.70. The van der Waals surface area contributed by atoms with E-state index in [9.17, 15) is 9.18 Å². The fraction of sp³-hybridized carbons (Fsp3) is 0.192. The number of aryl methyl sites for hydroxylation is 1. The minimum atomic E-state index is -0.304. The third kappa shape index (κ3) is 5.18. The molecule has 0 radical (unpaired) electrons. The number of fused-ring (bicyclic) bond motifs is 1. The number of carbonyl (C=O) groups is 1. The van der Waals surface area contributed by atoms with Gasteiger partial charge in [0.05, 0.1) is 13.2 Å². The Bertz CT molecular complexity index is 1240. The van der Waals surface area contributed by atoms with Gasteiger partial charge in [0.2, 0.25) is 0 Å². The number of ether oxygens (including phenoxy) is 2. The average Bonchev–Trinajstić information content (AvgIpc) is 3.19. The van der Waals surface area contributed by atoms with Crippen LogP contribution in [0.2, 0.25) is 5.02 Å². The zero-order valence-corrected chi connectivity index (χ0v) is 18.4. The van der Waals surface area contributed by atoms with Gasteiger partial charge in [-0.1, -0.05) is 48.0 Å². The number of hydrogen-bond acceptors (Lipinski definition) is 3. The maximum absolute atomic E-state index is 13.8. The predicted molar refractivity (Wildman–Crippen MR) is 124 cm³/mol. The van der Waals surface area contributed by atoms with Crippen LogP contribution in [-0.4, -0.2) is 24.0 Å². The van der Waals surface area contributed by atoms with Crippen LogP contribution in [0.25, 0.3) is 10.9 Å². The Labute approximate surface area is 190 Å². The van der Waals surface area contributed by atoms with Crippen molar-refractivity contribution >= 4 is 28.3 Å². The molecule has 0 saturated carbocycles. The molecule has 4 rings (SSSR count). The van der Waals surface area contributed by atoms with Gasteiger partial charge in [0, 0.05) is 39.7 Å². The normalized spacial score (nSPS) is 11.1. The van der Waals surface area contributed by atoms with Gasteiger partial charge in [-0.25, -0.2) is 4.39 Å². The average molecular weight is 452 g/mol. The Balaban J connectivity index is 1.42. The highest BCUT2D eigenvalue weighted by Crippen LogP contribution is 2.27. The van der Waals surface area contributed by atoms with Crippen molar-refractivity contribution in [3.05, 3.63) is 100.0 Å². The molecular weight excluding hydrogens is 429 g/mol. The largest absolute Gasteiger partial charge is 0.491 e. The van der Waals surface area contributed by atoms with Gasteiger partial charge in [0.15, 0.2) is 5.78 Å². The molecule has 0 unspecified atom stereocenters. The van der Waals surface area contributed by atoms with E-state index in [1.54, 1.807) is 37.4 Å². The second kappa shape index (κ2) is 9.98. The van der Waals surface area contributed by atoms with Crippen molar-refractivity contribution in [1.82, 2.24) is 4.98 Å². The quantitative estimate of drug-likeness (QED) is 0.240. The number of rotatable bonds is 9. The molecule has 0 aliphatic carbocycles. The fourth-order valence-electron chi connectivity index (χ4n) is 3.53. The zero-order valence-electron chi connectivity index (χ0n) is 17.7. The molecule has 1 heterocycles. The summed E-state index contributed by atoms with van der Waals surface area (Å²) < 4.78 is 25.4. The summed E-state index contributed by atoms with van der Waals surface area (Å²) in [7, 11) is 0. The highest BCUT2D eigenvalue weighted by Gasteiger charge is 2.17. The maximum atomic E-state index is 13.8. The molecule has 0 bridgehead atoms.